The minimum atomic E-state index is -0.222. The highest BCUT2D eigenvalue weighted by molar-refractivity contribution is 5.93. The van der Waals surface area contributed by atoms with Gasteiger partial charge in [0.05, 0.1) is 6.10 Å². The smallest absolute Gasteiger partial charge is 0.156 e. The van der Waals surface area contributed by atoms with Crippen LogP contribution >= 0.6 is 0 Å². The van der Waals surface area contributed by atoms with Crippen molar-refractivity contribution in [2.45, 2.75) is 77.7 Å². The van der Waals surface area contributed by atoms with E-state index in [1.165, 1.54) is 16.7 Å². The van der Waals surface area contributed by atoms with E-state index in [2.05, 4.69) is 56.5 Å². The predicted octanol–water partition coefficient (Wildman–Crippen LogP) is 7.69. The molecule has 0 radical (unpaired) electrons. The van der Waals surface area contributed by atoms with E-state index >= 15 is 0 Å². The van der Waals surface area contributed by atoms with E-state index in [1.54, 1.807) is 12.5 Å². The molecule has 0 spiro atoms. The van der Waals surface area contributed by atoms with Crippen LogP contribution in [0, 0.1) is 36.5 Å². The number of aliphatic hydroxyl groups excluding tert-OH is 1. The number of allylic oxidation sites excluding steroid dienone is 4. The molecule has 2 aromatic rings. The first-order chi connectivity index (χ1) is 17.9. The Morgan fingerprint density at radius 1 is 1.03 bits per heavy atom. The van der Waals surface area contributed by atoms with Gasteiger partial charge in [-0.2, -0.15) is 0 Å². The highest BCUT2D eigenvalue weighted by atomic mass is 16.5. The Bertz CT molecular complexity index is 1270. The summed E-state index contributed by atoms with van der Waals surface area (Å²) >= 11 is 0. The number of hydrogen-bond donors (Lipinski definition) is 1. The Morgan fingerprint density at radius 2 is 1.76 bits per heavy atom. The molecule has 192 valence electrons. The molecule has 6 rings (SSSR count). The minimum Gasteiger partial charge on any atom is -0.457 e. The highest BCUT2D eigenvalue weighted by Gasteiger charge is 2.56. The fraction of sp³-hybridized carbons (Fsp3) is 0.441. The Kier molecular flexibility index (Phi) is 7.15. The maximum absolute atomic E-state index is 12.2. The lowest BCUT2D eigenvalue weighted by molar-refractivity contribution is -0.114. The molecule has 0 aromatic heterocycles. The third-order valence-corrected chi connectivity index (χ3v) is 9.29. The second-order valence-electron chi connectivity index (χ2n) is 11.4. The summed E-state index contributed by atoms with van der Waals surface area (Å²) < 4.78 is 6.16. The fourth-order valence-electron chi connectivity index (χ4n) is 7.50. The van der Waals surface area contributed by atoms with Gasteiger partial charge in [-0.25, -0.2) is 0 Å². The zero-order valence-electron chi connectivity index (χ0n) is 22.3. The van der Waals surface area contributed by atoms with E-state index in [0.717, 1.165) is 55.6 Å². The largest absolute Gasteiger partial charge is 0.457 e. The molecule has 0 amide bonds. The fourth-order valence-corrected chi connectivity index (χ4v) is 7.50. The second-order valence-corrected chi connectivity index (χ2v) is 11.4. The first kappa shape index (κ1) is 25.6. The molecule has 5 atom stereocenters. The van der Waals surface area contributed by atoms with Crippen molar-refractivity contribution in [3.05, 3.63) is 82.5 Å². The molecule has 4 aliphatic rings. The van der Waals surface area contributed by atoms with E-state index in [9.17, 15) is 9.90 Å². The predicted molar refractivity (Wildman–Crippen MR) is 148 cm³/mol. The van der Waals surface area contributed by atoms with Gasteiger partial charge in [-0.1, -0.05) is 42.8 Å². The van der Waals surface area contributed by atoms with Crippen LogP contribution in [0.3, 0.4) is 0 Å². The van der Waals surface area contributed by atoms with Gasteiger partial charge in [0.2, 0.25) is 0 Å². The molecular weight excluding hydrogens is 456 g/mol. The molecule has 0 saturated heterocycles. The van der Waals surface area contributed by atoms with Crippen molar-refractivity contribution >= 4 is 5.78 Å². The quantitative estimate of drug-likeness (QED) is 0.445. The average Bonchev–Trinajstić information content (AvgIpc) is 3.19. The normalized spacial score (nSPS) is 30.1. The Morgan fingerprint density at radius 3 is 2.49 bits per heavy atom. The molecule has 2 fully saturated rings. The maximum atomic E-state index is 12.2. The molecule has 3 heteroatoms. The lowest BCUT2D eigenvalue weighted by Gasteiger charge is -2.52. The van der Waals surface area contributed by atoms with Gasteiger partial charge in [-0.05, 0) is 116 Å². The van der Waals surface area contributed by atoms with Crippen LogP contribution < -0.4 is 4.74 Å². The van der Waals surface area contributed by atoms with Gasteiger partial charge in [0.25, 0.3) is 0 Å². The molecule has 37 heavy (non-hydrogen) atoms. The van der Waals surface area contributed by atoms with Crippen LogP contribution in [-0.2, 0) is 4.79 Å². The summed E-state index contributed by atoms with van der Waals surface area (Å²) in [5.41, 5.74) is 6.71. The van der Waals surface area contributed by atoms with Crippen molar-refractivity contribution in [2.24, 2.45) is 17.3 Å². The number of aryl methyl sites for hydroxylation is 1. The van der Waals surface area contributed by atoms with Gasteiger partial charge in [0, 0.05) is 12.3 Å². The van der Waals surface area contributed by atoms with E-state index in [0.29, 0.717) is 24.2 Å². The molecule has 0 bridgehead atoms. The molecule has 5 unspecified atom stereocenters. The Hall–Kier alpha value is -3.09. The molecular formula is C34H38O3. The summed E-state index contributed by atoms with van der Waals surface area (Å²) in [6, 6.07) is 16.7. The molecule has 4 aliphatic carbocycles. The summed E-state index contributed by atoms with van der Waals surface area (Å²) in [5.74, 6) is 5.62. The maximum Gasteiger partial charge on any atom is 0.156 e. The van der Waals surface area contributed by atoms with E-state index in [1.807, 2.05) is 24.3 Å². The number of para-hydroxylation sites is 1. The topological polar surface area (TPSA) is 46.5 Å². The van der Waals surface area contributed by atoms with E-state index in [-0.39, 0.29) is 17.3 Å². The summed E-state index contributed by atoms with van der Waals surface area (Å²) in [6.07, 6.45) is 12.9. The Labute approximate surface area is 221 Å². The average molecular weight is 495 g/mol. The van der Waals surface area contributed by atoms with Crippen molar-refractivity contribution in [3.8, 4) is 23.8 Å². The van der Waals surface area contributed by atoms with Gasteiger partial charge in [0.15, 0.2) is 5.78 Å². The summed E-state index contributed by atoms with van der Waals surface area (Å²) in [5, 5.41) is 11.0. The van der Waals surface area contributed by atoms with Crippen molar-refractivity contribution in [3.63, 3.8) is 0 Å². The molecule has 2 aromatic carbocycles. The number of aliphatic hydroxyl groups is 1. The number of carbonyl (C=O) groups is 1. The van der Waals surface area contributed by atoms with Crippen LogP contribution in [0.15, 0.2) is 71.3 Å². The number of benzene rings is 2. The SMILES string of the molecule is C#CC.Cc1ccccc1Oc1ccc(C2CC3(C)C(O)CCC3C3CCC4=CC(=O)CCC4=C23)cc1. The molecule has 1 N–H and O–H groups in total. The molecule has 2 saturated carbocycles. The van der Waals surface area contributed by atoms with Gasteiger partial charge in [-0.3, -0.25) is 4.79 Å². The first-order valence-corrected chi connectivity index (χ1v) is 13.7. The van der Waals surface area contributed by atoms with Crippen LogP contribution in [0.5, 0.6) is 11.5 Å². The molecule has 0 aliphatic heterocycles. The van der Waals surface area contributed by atoms with Gasteiger partial charge < -0.3 is 9.84 Å². The Balaban J connectivity index is 0.000000892. The van der Waals surface area contributed by atoms with Crippen molar-refractivity contribution in [1.29, 1.82) is 0 Å². The number of rotatable bonds is 3. The first-order valence-electron chi connectivity index (χ1n) is 13.7. The lowest BCUT2D eigenvalue weighted by atomic mass is 9.53. The van der Waals surface area contributed by atoms with Crippen LogP contribution in [0.2, 0.25) is 0 Å². The van der Waals surface area contributed by atoms with Crippen LogP contribution in [0.4, 0.5) is 0 Å². The number of fused-ring (bicyclic) bond motifs is 4. The van der Waals surface area contributed by atoms with Crippen LogP contribution in [0.25, 0.3) is 0 Å². The molecule has 3 nitrogen and oxygen atoms in total. The summed E-state index contributed by atoms with van der Waals surface area (Å²) in [4.78, 5) is 12.2. The third-order valence-electron chi connectivity index (χ3n) is 9.29. The number of hydrogen-bond acceptors (Lipinski definition) is 3. The monoisotopic (exact) mass is 494 g/mol. The second kappa shape index (κ2) is 10.3. The van der Waals surface area contributed by atoms with Gasteiger partial charge in [0.1, 0.15) is 11.5 Å². The zero-order valence-corrected chi connectivity index (χ0v) is 22.3. The number of ether oxygens (including phenoxy) is 1. The van der Waals surface area contributed by atoms with Gasteiger partial charge >= 0.3 is 0 Å². The van der Waals surface area contributed by atoms with E-state index in [4.69, 9.17) is 4.74 Å². The summed E-state index contributed by atoms with van der Waals surface area (Å²) in [6.45, 7) is 6.04. The summed E-state index contributed by atoms with van der Waals surface area (Å²) in [7, 11) is 0. The standard InChI is InChI=1S/C31H34O3.C3H4/c1-19-5-3-4-6-28(19)34-23-11-7-20(8-12-23)26-18-31(2)27(15-16-29(31)33)25-13-9-21-17-22(32)10-14-24(21)30(25)26;1-3-2/h3-8,11-12,17,25-27,29,33H,9-10,13-16,18H2,1-2H3;1H,2H3. The minimum absolute atomic E-state index is 0.0403. The number of carbonyl (C=O) groups excluding carboxylic acids is 1. The zero-order chi connectivity index (χ0) is 26.2. The van der Waals surface area contributed by atoms with Crippen LogP contribution in [-0.4, -0.2) is 17.0 Å². The van der Waals surface area contributed by atoms with Crippen molar-refractivity contribution < 1.29 is 14.6 Å². The van der Waals surface area contributed by atoms with Crippen molar-refractivity contribution in [1.82, 2.24) is 0 Å². The highest BCUT2D eigenvalue weighted by Crippen LogP contribution is 2.63. The van der Waals surface area contributed by atoms with Gasteiger partial charge in [-0.15, -0.1) is 12.3 Å². The van der Waals surface area contributed by atoms with Crippen molar-refractivity contribution in [2.75, 3.05) is 0 Å². The van der Waals surface area contributed by atoms with Crippen LogP contribution in [0.1, 0.15) is 75.8 Å². The van der Waals surface area contributed by atoms with E-state index < -0.39 is 0 Å². The third kappa shape index (κ3) is 4.69. The number of terminal acetylenes is 1. The molecule has 0 heterocycles. The number of ketones is 1. The lowest BCUT2D eigenvalue weighted by Crippen LogP contribution is -2.45.